The van der Waals surface area contributed by atoms with Crippen LogP contribution in [0.3, 0.4) is 0 Å². The van der Waals surface area contributed by atoms with E-state index in [0.29, 0.717) is 12.4 Å². The lowest BCUT2D eigenvalue weighted by atomic mass is 9.91. The predicted molar refractivity (Wildman–Crippen MR) is 105 cm³/mol. The van der Waals surface area contributed by atoms with Gasteiger partial charge in [-0.25, -0.2) is 15.0 Å². The minimum absolute atomic E-state index is 0.0540. The average Bonchev–Trinajstić information content (AvgIpc) is 2.94. The number of allylic oxidation sites excluding steroid dienone is 2. The van der Waals surface area contributed by atoms with Crippen molar-refractivity contribution in [2.75, 3.05) is 5.32 Å². The molecule has 2 aromatic heterocycles. The van der Waals surface area contributed by atoms with Gasteiger partial charge in [-0.2, -0.15) is 0 Å². The summed E-state index contributed by atoms with van der Waals surface area (Å²) < 4.78 is 1.12. The summed E-state index contributed by atoms with van der Waals surface area (Å²) in [7, 11) is 0. The molecule has 1 aliphatic rings. The van der Waals surface area contributed by atoms with E-state index >= 15 is 0 Å². The van der Waals surface area contributed by atoms with Gasteiger partial charge in [-0.15, -0.1) is 11.3 Å². The molecule has 1 atom stereocenters. The zero-order valence-corrected chi connectivity index (χ0v) is 15.6. The summed E-state index contributed by atoms with van der Waals surface area (Å²) in [5.41, 5.74) is 2.29. The molecular weight excluding hydrogens is 346 g/mol. The fourth-order valence-electron chi connectivity index (χ4n) is 3.26. The Morgan fingerprint density at radius 3 is 2.92 bits per heavy atom. The first kappa shape index (κ1) is 16.7. The summed E-state index contributed by atoms with van der Waals surface area (Å²) in [5.74, 6) is 0.476. The molecule has 0 saturated carbocycles. The molecule has 0 spiro atoms. The van der Waals surface area contributed by atoms with Gasteiger partial charge in [0.25, 0.3) is 0 Å². The number of anilines is 1. The van der Waals surface area contributed by atoms with Gasteiger partial charge in [0.1, 0.15) is 11.0 Å². The number of thiazole rings is 1. The maximum atomic E-state index is 11.4. The molecule has 4 rings (SSSR count). The molecule has 1 aliphatic carbocycles. The maximum absolute atomic E-state index is 11.4. The zero-order chi connectivity index (χ0) is 18.3. The van der Waals surface area contributed by atoms with Crippen molar-refractivity contribution in [1.82, 2.24) is 20.3 Å². The lowest BCUT2D eigenvalue weighted by molar-refractivity contribution is -0.120. The number of aromatic nitrogens is 3. The maximum Gasteiger partial charge on any atom is 0.227 e. The third kappa shape index (κ3) is 3.17. The SMILES string of the molecule is CC(=O)N[C@@]1(C)C=CC=C(Nc2ncc3ccc4sc(C)nc4c3n2)C1. The number of aryl methyl sites for hydroxylation is 1. The number of nitrogens with one attached hydrogen (secondary N) is 2. The van der Waals surface area contributed by atoms with Crippen molar-refractivity contribution in [2.24, 2.45) is 0 Å². The Kier molecular flexibility index (Phi) is 3.96. The van der Waals surface area contributed by atoms with E-state index in [9.17, 15) is 4.79 Å². The van der Waals surface area contributed by atoms with Crippen LogP contribution in [0.5, 0.6) is 0 Å². The minimum Gasteiger partial charge on any atom is -0.347 e. The fraction of sp³-hybridized carbons (Fsp3) is 0.263. The normalized spacial score (nSPS) is 19.6. The Morgan fingerprint density at radius 2 is 2.12 bits per heavy atom. The number of fused-ring (bicyclic) bond motifs is 3. The molecule has 0 saturated heterocycles. The summed E-state index contributed by atoms with van der Waals surface area (Å²) in [6, 6.07) is 4.08. The summed E-state index contributed by atoms with van der Waals surface area (Å²) in [4.78, 5) is 25.2. The molecule has 0 bridgehead atoms. The van der Waals surface area contributed by atoms with Crippen LogP contribution in [0, 0.1) is 6.92 Å². The first-order chi connectivity index (χ1) is 12.4. The standard InChI is InChI=1S/C19H19N5OS/c1-11(25)24-19(3)8-4-5-14(9-19)22-18-20-10-13-6-7-15-17(16(13)23-18)21-12(2)26-15/h4-8,10H,9H2,1-3H3,(H,24,25)(H,20,22,23)/t19-/m0/s1. The third-order valence-electron chi connectivity index (χ3n) is 4.27. The fourth-order valence-corrected chi connectivity index (χ4v) is 4.09. The highest BCUT2D eigenvalue weighted by molar-refractivity contribution is 7.18. The molecule has 132 valence electrons. The first-order valence-corrected chi connectivity index (χ1v) is 9.21. The van der Waals surface area contributed by atoms with E-state index < -0.39 is 5.54 Å². The second-order valence-corrected chi connectivity index (χ2v) is 7.96. The predicted octanol–water partition coefficient (Wildman–Crippen LogP) is 3.70. The average molecular weight is 365 g/mol. The highest BCUT2D eigenvalue weighted by atomic mass is 32.1. The van der Waals surface area contributed by atoms with Gasteiger partial charge in [0.05, 0.1) is 15.2 Å². The van der Waals surface area contributed by atoms with Crippen LogP contribution in [0.25, 0.3) is 21.1 Å². The quantitative estimate of drug-likeness (QED) is 0.740. The van der Waals surface area contributed by atoms with E-state index in [2.05, 4.69) is 31.7 Å². The van der Waals surface area contributed by atoms with Gasteiger partial charge in [0.2, 0.25) is 11.9 Å². The summed E-state index contributed by atoms with van der Waals surface area (Å²) in [5, 5.41) is 8.25. The van der Waals surface area contributed by atoms with Crippen molar-refractivity contribution in [3.8, 4) is 0 Å². The van der Waals surface area contributed by atoms with E-state index in [1.165, 1.54) is 6.92 Å². The topological polar surface area (TPSA) is 79.8 Å². The summed E-state index contributed by atoms with van der Waals surface area (Å²) in [6.07, 6.45) is 8.35. The van der Waals surface area contributed by atoms with Gasteiger partial charge in [-0.05, 0) is 32.1 Å². The molecule has 0 aliphatic heterocycles. The van der Waals surface area contributed by atoms with Crippen molar-refractivity contribution in [3.63, 3.8) is 0 Å². The molecule has 2 N–H and O–H groups in total. The summed E-state index contributed by atoms with van der Waals surface area (Å²) in [6.45, 7) is 5.51. The number of carbonyl (C=O) groups excluding carboxylic acids is 1. The number of hydrogen-bond acceptors (Lipinski definition) is 6. The molecule has 3 aromatic rings. The minimum atomic E-state index is -0.418. The Balaban J connectivity index is 1.65. The van der Waals surface area contributed by atoms with Crippen molar-refractivity contribution in [2.45, 2.75) is 32.7 Å². The number of hydrogen-bond donors (Lipinski definition) is 2. The highest BCUT2D eigenvalue weighted by Crippen LogP contribution is 2.29. The number of amides is 1. The van der Waals surface area contributed by atoms with Gasteiger partial charge in [-0.3, -0.25) is 4.79 Å². The first-order valence-electron chi connectivity index (χ1n) is 8.39. The van der Waals surface area contributed by atoms with Crippen molar-refractivity contribution < 1.29 is 4.79 Å². The molecule has 0 unspecified atom stereocenters. The van der Waals surface area contributed by atoms with E-state index in [1.807, 2.05) is 44.3 Å². The monoisotopic (exact) mass is 365 g/mol. The summed E-state index contributed by atoms with van der Waals surface area (Å²) >= 11 is 1.66. The second kappa shape index (κ2) is 6.17. The Hall–Kier alpha value is -2.80. The number of rotatable bonds is 3. The molecule has 6 nitrogen and oxygen atoms in total. The van der Waals surface area contributed by atoms with Crippen LogP contribution < -0.4 is 10.6 Å². The number of carbonyl (C=O) groups is 1. The van der Waals surface area contributed by atoms with Crippen LogP contribution in [0.4, 0.5) is 5.95 Å². The van der Waals surface area contributed by atoms with Crippen LogP contribution in [0.15, 0.2) is 42.3 Å². The van der Waals surface area contributed by atoms with Crippen molar-refractivity contribution >= 4 is 44.3 Å². The van der Waals surface area contributed by atoms with E-state index in [-0.39, 0.29) is 5.91 Å². The largest absolute Gasteiger partial charge is 0.347 e. The molecule has 26 heavy (non-hydrogen) atoms. The molecule has 2 heterocycles. The van der Waals surface area contributed by atoms with Crippen molar-refractivity contribution in [1.29, 1.82) is 0 Å². The van der Waals surface area contributed by atoms with Gasteiger partial charge in [0, 0.05) is 30.6 Å². The van der Waals surface area contributed by atoms with Gasteiger partial charge < -0.3 is 10.6 Å². The van der Waals surface area contributed by atoms with Crippen LogP contribution in [-0.4, -0.2) is 26.4 Å². The Labute approximate surface area is 155 Å². The van der Waals surface area contributed by atoms with Gasteiger partial charge in [0.15, 0.2) is 0 Å². The molecule has 0 fully saturated rings. The van der Waals surface area contributed by atoms with Gasteiger partial charge >= 0.3 is 0 Å². The van der Waals surface area contributed by atoms with Crippen LogP contribution in [0.1, 0.15) is 25.3 Å². The van der Waals surface area contributed by atoms with Gasteiger partial charge in [-0.1, -0.05) is 12.2 Å². The molecule has 1 aromatic carbocycles. The smallest absolute Gasteiger partial charge is 0.227 e. The molecular formula is C19H19N5OS. The second-order valence-electron chi connectivity index (χ2n) is 6.73. The van der Waals surface area contributed by atoms with Crippen LogP contribution in [-0.2, 0) is 4.79 Å². The van der Waals surface area contributed by atoms with E-state index in [0.717, 1.165) is 31.8 Å². The molecule has 1 amide bonds. The van der Waals surface area contributed by atoms with Crippen LogP contribution in [0.2, 0.25) is 0 Å². The number of benzene rings is 1. The number of nitrogens with zero attached hydrogens (tertiary/aromatic N) is 3. The Morgan fingerprint density at radius 1 is 1.27 bits per heavy atom. The van der Waals surface area contributed by atoms with E-state index in [4.69, 9.17) is 0 Å². The van der Waals surface area contributed by atoms with E-state index in [1.54, 1.807) is 11.3 Å². The lowest BCUT2D eigenvalue weighted by Gasteiger charge is -2.30. The molecule has 0 radical (unpaired) electrons. The third-order valence-corrected chi connectivity index (χ3v) is 5.21. The molecule has 7 heteroatoms. The van der Waals surface area contributed by atoms with Crippen molar-refractivity contribution in [3.05, 3.63) is 47.3 Å². The Bertz CT molecular complexity index is 1080. The lowest BCUT2D eigenvalue weighted by Crippen LogP contribution is -2.44. The van der Waals surface area contributed by atoms with Crippen LogP contribution >= 0.6 is 11.3 Å². The highest BCUT2D eigenvalue weighted by Gasteiger charge is 2.25. The zero-order valence-electron chi connectivity index (χ0n) is 14.8.